The van der Waals surface area contributed by atoms with Gasteiger partial charge in [-0.1, -0.05) is 23.7 Å². The lowest BCUT2D eigenvalue weighted by atomic mass is 10.2. The van der Waals surface area contributed by atoms with E-state index >= 15 is 0 Å². The molecule has 0 radical (unpaired) electrons. The molecule has 0 saturated carbocycles. The number of benzene rings is 2. The van der Waals surface area contributed by atoms with Crippen LogP contribution in [0.25, 0.3) is 16.6 Å². The fourth-order valence-electron chi connectivity index (χ4n) is 2.09. The Hall–Kier alpha value is -2.53. The van der Waals surface area contributed by atoms with Crippen molar-refractivity contribution in [2.24, 2.45) is 0 Å². The van der Waals surface area contributed by atoms with E-state index in [0.29, 0.717) is 5.52 Å². The Kier molecular flexibility index (Phi) is 2.84. The first-order valence-electron chi connectivity index (χ1n) is 5.81. The van der Waals surface area contributed by atoms with Crippen molar-refractivity contribution in [2.45, 2.75) is 0 Å². The van der Waals surface area contributed by atoms with E-state index in [0.717, 1.165) is 4.57 Å². The van der Waals surface area contributed by atoms with Crippen LogP contribution in [0.15, 0.2) is 52.1 Å². The molecule has 100 valence electrons. The van der Waals surface area contributed by atoms with Crippen molar-refractivity contribution in [3.63, 3.8) is 0 Å². The number of aromatic nitrogens is 2. The maximum absolute atomic E-state index is 12.5. The average molecular weight is 289 g/mol. The summed E-state index contributed by atoms with van der Waals surface area (Å²) in [4.78, 5) is 27.1. The Balaban J connectivity index is 2.46. The van der Waals surface area contributed by atoms with E-state index in [1.165, 1.54) is 12.1 Å². The van der Waals surface area contributed by atoms with Gasteiger partial charge in [-0.25, -0.2) is 9.36 Å². The maximum Gasteiger partial charge on any atom is 0.333 e. The van der Waals surface area contributed by atoms with Gasteiger partial charge in [-0.3, -0.25) is 4.79 Å². The lowest BCUT2D eigenvalue weighted by Crippen LogP contribution is -2.33. The van der Waals surface area contributed by atoms with Gasteiger partial charge in [-0.2, -0.15) is 0 Å². The third-order valence-corrected chi connectivity index (χ3v) is 3.28. The van der Waals surface area contributed by atoms with Crippen molar-refractivity contribution in [3.8, 4) is 11.4 Å². The number of halogens is 1. The average Bonchev–Trinajstić information content (AvgIpc) is 2.38. The predicted molar refractivity (Wildman–Crippen MR) is 76.8 cm³/mol. The molecule has 1 aromatic heterocycles. The van der Waals surface area contributed by atoms with Crippen molar-refractivity contribution in [2.75, 3.05) is 0 Å². The van der Waals surface area contributed by atoms with Crippen molar-refractivity contribution >= 4 is 22.5 Å². The minimum atomic E-state index is -0.588. The van der Waals surface area contributed by atoms with Gasteiger partial charge in [-0.05, 0) is 24.3 Å². The summed E-state index contributed by atoms with van der Waals surface area (Å²) in [5.74, 6) is -0.0342. The van der Waals surface area contributed by atoms with Gasteiger partial charge in [-0.15, -0.1) is 0 Å². The molecule has 2 aromatic carbocycles. The first-order valence-corrected chi connectivity index (χ1v) is 6.19. The topological polar surface area (TPSA) is 75.1 Å². The smallest absolute Gasteiger partial charge is 0.333 e. The lowest BCUT2D eigenvalue weighted by Gasteiger charge is -2.07. The number of phenols is 1. The number of phenolic OH excluding ortho intramolecular Hbond substituents is 1. The first kappa shape index (κ1) is 12.5. The zero-order chi connectivity index (χ0) is 14.3. The van der Waals surface area contributed by atoms with E-state index in [2.05, 4.69) is 4.98 Å². The van der Waals surface area contributed by atoms with Gasteiger partial charge in [0, 0.05) is 6.07 Å². The van der Waals surface area contributed by atoms with Crippen LogP contribution in [0.3, 0.4) is 0 Å². The van der Waals surface area contributed by atoms with Gasteiger partial charge < -0.3 is 10.1 Å². The highest BCUT2D eigenvalue weighted by Gasteiger charge is 2.12. The Morgan fingerprint density at radius 2 is 1.85 bits per heavy atom. The number of rotatable bonds is 1. The predicted octanol–water partition coefficient (Wildman–Crippen LogP) is 2.04. The summed E-state index contributed by atoms with van der Waals surface area (Å²) in [6, 6.07) is 10.7. The van der Waals surface area contributed by atoms with Gasteiger partial charge >= 0.3 is 5.69 Å². The second kappa shape index (κ2) is 4.54. The van der Waals surface area contributed by atoms with Crippen LogP contribution >= 0.6 is 11.6 Å². The number of aromatic hydroxyl groups is 1. The molecular weight excluding hydrogens is 280 g/mol. The van der Waals surface area contributed by atoms with E-state index in [-0.39, 0.29) is 21.8 Å². The normalized spacial score (nSPS) is 10.8. The van der Waals surface area contributed by atoms with Crippen LogP contribution in [-0.2, 0) is 0 Å². The van der Waals surface area contributed by atoms with Gasteiger partial charge in [0.1, 0.15) is 5.75 Å². The Morgan fingerprint density at radius 3 is 2.60 bits per heavy atom. The molecule has 5 nitrogen and oxygen atoms in total. The summed E-state index contributed by atoms with van der Waals surface area (Å²) in [6.07, 6.45) is 0. The summed E-state index contributed by atoms with van der Waals surface area (Å²) in [6.45, 7) is 0. The van der Waals surface area contributed by atoms with Crippen LogP contribution in [0.4, 0.5) is 0 Å². The van der Waals surface area contributed by atoms with E-state index in [9.17, 15) is 14.7 Å². The largest absolute Gasteiger partial charge is 0.508 e. The Labute approximate surface area is 117 Å². The standard InChI is InChI=1S/C14H9ClN2O3/c15-10-5-2-6-11-12(10)13(19)17(14(20)16-11)8-3-1-4-9(18)7-8/h1-7,18H,(H,16,20). The molecule has 3 aromatic rings. The molecule has 0 saturated heterocycles. The molecule has 0 fully saturated rings. The molecule has 0 amide bonds. The number of hydrogen-bond acceptors (Lipinski definition) is 3. The number of aromatic amines is 1. The third kappa shape index (κ3) is 1.88. The molecule has 20 heavy (non-hydrogen) atoms. The van der Waals surface area contributed by atoms with E-state index in [4.69, 9.17) is 11.6 Å². The van der Waals surface area contributed by atoms with E-state index < -0.39 is 11.2 Å². The molecule has 3 rings (SSSR count). The van der Waals surface area contributed by atoms with Crippen molar-refractivity contribution in [3.05, 3.63) is 68.3 Å². The van der Waals surface area contributed by atoms with Gasteiger partial charge in [0.2, 0.25) is 0 Å². The van der Waals surface area contributed by atoms with Crippen molar-refractivity contribution in [1.29, 1.82) is 0 Å². The molecule has 0 bridgehead atoms. The first-order chi connectivity index (χ1) is 9.58. The number of H-pyrrole nitrogens is 1. The highest BCUT2D eigenvalue weighted by Crippen LogP contribution is 2.18. The molecule has 0 aliphatic rings. The quantitative estimate of drug-likeness (QED) is 0.719. The zero-order valence-corrected chi connectivity index (χ0v) is 10.9. The van der Waals surface area contributed by atoms with Crippen LogP contribution < -0.4 is 11.2 Å². The third-order valence-electron chi connectivity index (χ3n) is 2.96. The van der Waals surface area contributed by atoms with Crippen molar-refractivity contribution < 1.29 is 5.11 Å². The molecule has 6 heteroatoms. The minimum absolute atomic E-state index is 0.0342. The summed E-state index contributed by atoms with van der Waals surface area (Å²) < 4.78 is 0.938. The zero-order valence-electron chi connectivity index (χ0n) is 10.1. The summed E-state index contributed by atoms with van der Waals surface area (Å²) >= 11 is 6.02. The molecule has 0 unspecified atom stereocenters. The monoisotopic (exact) mass is 288 g/mol. The molecule has 1 heterocycles. The molecule has 0 spiro atoms. The van der Waals surface area contributed by atoms with E-state index in [1.54, 1.807) is 30.3 Å². The summed E-state index contributed by atoms with van der Waals surface area (Å²) in [5.41, 5.74) is -0.461. The van der Waals surface area contributed by atoms with Gasteiger partial charge in [0.15, 0.2) is 0 Å². The van der Waals surface area contributed by atoms with Crippen molar-refractivity contribution in [1.82, 2.24) is 9.55 Å². The van der Waals surface area contributed by atoms with E-state index in [1.807, 2.05) is 0 Å². The SMILES string of the molecule is O=c1[nH]c2cccc(Cl)c2c(=O)n1-c1cccc(O)c1. The highest BCUT2D eigenvalue weighted by molar-refractivity contribution is 6.35. The van der Waals surface area contributed by atoms with Crippen LogP contribution in [-0.4, -0.2) is 14.7 Å². The summed E-state index contributed by atoms with van der Waals surface area (Å²) in [5, 5.41) is 9.97. The minimum Gasteiger partial charge on any atom is -0.508 e. The Bertz CT molecular complexity index is 928. The van der Waals surface area contributed by atoms with Crippen LogP contribution in [0.5, 0.6) is 5.75 Å². The molecule has 0 aliphatic carbocycles. The fraction of sp³-hybridized carbons (Fsp3) is 0. The van der Waals surface area contributed by atoms with Crippen LogP contribution in [0.2, 0.25) is 5.02 Å². The number of nitrogens with one attached hydrogen (secondary N) is 1. The highest BCUT2D eigenvalue weighted by atomic mass is 35.5. The molecule has 2 N–H and O–H groups in total. The van der Waals surface area contributed by atoms with Crippen LogP contribution in [0.1, 0.15) is 0 Å². The molecule has 0 aliphatic heterocycles. The second-order valence-corrected chi connectivity index (χ2v) is 4.66. The molecule has 0 atom stereocenters. The van der Waals surface area contributed by atoms with Crippen LogP contribution in [0, 0.1) is 0 Å². The number of hydrogen-bond donors (Lipinski definition) is 2. The number of fused-ring (bicyclic) bond motifs is 1. The van der Waals surface area contributed by atoms with Gasteiger partial charge in [0.05, 0.1) is 21.6 Å². The lowest BCUT2D eigenvalue weighted by molar-refractivity contribution is 0.475. The Morgan fingerprint density at radius 1 is 1.10 bits per heavy atom. The molecular formula is C14H9ClN2O3. The van der Waals surface area contributed by atoms with Gasteiger partial charge in [0.25, 0.3) is 5.56 Å². The summed E-state index contributed by atoms with van der Waals surface area (Å²) in [7, 11) is 0. The number of nitrogens with zero attached hydrogens (tertiary/aromatic N) is 1. The fourth-order valence-corrected chi connectivity index (χ4v) is 2.34. The second-order valence-electron chi connectivity index (χ2n) is 4.25. The maximum atomic E-state index is 12.5.